The normalized spacial score (nSPS) is 21.0. The predicted molar refractivity (Wildman–Crippen MR) is 95.7 cm³/mol. The van der Waals surface area contributed by atoms with E-state index in [4.69, 9.17) is 4.74 Å². The van der Waals surface area contributed by atoms with Gasteiger partial charge in [0.15, 0.2) is 0 Å². The average Bonchev–Trinajstić information content (AvgIpc) is 2.82. The van der Waals surface area contributed by atoms with Crippen LogP contribution in [0.2, 0.25) is 0 Å². The molecule has 1 amide bonds. The standard InChI is InChI=1S/C18H37N3O2/c1-13(2)10-16(11-19-17(22)23-18(5,6)7)20-15-8-9-21(12-15)14(3)4/h13-16,20H,8-12H2,1-7H3,(H,19,22). The van der Waals surface area contributed by atoms with Gasteiger partial charge in [-0.2, -0.15) is 0 Å². The molecule has 5 nitrogen and oxygen atoms in total. The van der Waals surface area contributed by atoms with Crippen LogP contribution >= 0.6 is 0 Å². The van der Waals surface area contributed by atoms with Crippen molar-refractivity contribution < 1.29 is 9.53 Å². The molecule has 0 radical (unpaired) electrons. The number of nitrogens with one attached hydrogen (secondary N) is 2. The quantitative estimate of drug-likeness (QED) is 0.755. The first-order chi connectivity index (χ1) is 10.6. The van der Waals surface area contributed by atoms with E-state index in [9.17, 15) is 4.79 Å². The van der Waals surface area contributed by atoms with Crippen LogP contribution in [0.15, 0.2) is 0 Å². The van der Waals surface area contributed by atoms with Crippen LogP contribution in [-0.4, -0.2) is 54.4 Å². The van der Waals surface area contributed by atoms with Gasteiger partial charge in [-0.3, -0.25) is 4.90 Å². The summed E-state index contributed by atoms with van der Waals surface area (Å²) >= 11 is 0. The molecule has 0 aliphatic carbocycles. The Labute approximate surface area is 142 Å². The highest BCUT2D eigenvalue weighted by molar-refractivity contribution is 5.67. The van der Waals surface area contributed by atoms with Crippen LogP contribution in [0.25, 0.3) is 0 Å². The van der Waals surface area contributed by atoms with Crippen molar-refractivity contribution in [2.24, 2.45) is 5.92 Å². The van der Waals surface area contributed by atoms with Gasteiger partial charge in [-0.15, -0.1) is 0 Å². The molecule has 1 aliphatic heterocycles. The summed E-state index contributed by atoms with van der Waals surface area (Å²) in [5.74, 6) is 0.593. The zero-order valence-electron chi connectivity index (χ0n) is 16.1. The maximum Gasteiger partial charge on any atom is 0.407 e. The highest BCUT2D eigenvalue weighted by Gasteiger charge is 2.26. The van der Waals surface area contributed by atoms with Gasteiger partial charge in [0.1, 0.15) is 5.60 Å². The molecule has 0 aromatic heterocycles. The molecule has 1 rings (SSSR count). The molecule has 1 fully saturated rings. The molecule has 0 aromatic rings. The van der Waals surface area contributed by atoms with Crippen LogP contribution in [0, 0.1) is 5.92 Å². The second kappa shape index (κ2) is 8.88. The molecular weight excluding hydrogens is 290 g/mol. The van der Waals surface area contributed by atoms with Crippen LogP contribution in [0.3, 0.4) is 0 Å². The van der Waals surface area contributed by atoms with Crippen LogP contribution in [0.4, 0.5) is 4.79 Å². The maximum atomic E-state index is 11.9. The summed E-state index contributed by atoms with van der Waals surface area (Å²) in [6.07, 6.45) is 1.90. The number of carbonyl (C=O) groups excluding carboxylic acids is 1. The Morgan fingerprint density at radius 3 is 2.39 bits per heavy atom. The first-order valence-corrected chi connectivity index (χ1v) is 9.03. The summed E-state index contributed by atoms with van der Waals surface area (Å²) in [5, 5.41) is 6.65. The number of alkyl carbamates (subject to hydrolysis) is 1. The lowest BCUT2D eigenvalue weighted by atomic mass is 10.0. The van der Waals surface area contributed by atoms with Crippen molar-refractivity contribution in [3.63, 3.8) is 0 Å². The first-order valence-electron chi connectivity index (χ1n) is 9.03. The average molecular weight is 328 g/mol. The zero-order valence-corrected chi connectivity index (χ0v) is 16.1. The lowest BCUT2D eigenvalue weighted by Crippen LogP contribution is -2.48. The fourth-order valence-electron chi connectivity index (χ4n) is 3.03. The summed E-state index contributed by atoms with van der Waals surface area (Å²) in [5.41, 5.74) is -0.450. The highest BCUT2D eigenvalue weighted by atomic mass is 16.6. The second-order valence-corrected chi connectivity index (χ2v) is 8.45. The Balaban J connectivity index is 2.45. The Kier molecular flexibility index (Phi) is 7.81. The smallest absolute Gasteiger partial charge is 0.407 e. The monoisotopic (exact) mass is 327 g/mol. The van der Waals surface area contributed by atoms with E-state index in [0.29, 0.717) is 30.6 Å². The lowest BCUT2D eigenvalue weighted by molar-refractivity contribution is 0.0520. The summed E-state index contributed by atoms with van der Waals surface area (Å²) in [4.78, 5) is 14.4. The number of rotatable bonds is 7. The Morgan fingerprint density at radius 1 is 1.26 bits per heavy atom. The van der Waals surface area contributed by atoms with Crippen molar-refractivity contribution in [3.8, 4) is 0 Å². The van der Waals surface area contributed by atoms with Crippen molar-refractivity contribution >= 4 is 6.09 Å². The molecule has 2 unspecified atom stereocenters. The highest BCUT2D eigenvalue weighted by Crippen LogP contribution is 2.15. The summed E-state index contributed by atoms with van der Waals surface area (Å²) in [7, 11) is 0. The molecule has 0 spiro atoms. The third-order valence-electron chi connectivity index (χ3n) is 4.07. The molecule has 136 valence electrons. The minimum atomic E-state index is -0.450. The zero-order chi connectivity index (χ0) is 17.6. The molecule has 1 saturated heterocycles. The van der Waals surface area contributed by atoms with Crippen molar-refractivity contribution in [3.05, 3.63) is 0 Å². The van der Waals surface area contributed by atoms with Crippen molar-refractivity contribution in [1.29, 1.82) is 0 Å². The molecule has 0 saturated carbocycles. The first kappa shape index (κ1) is 20.2. The van der Waals surface area contributed by atoms with Gasteiger partial charge in [0, 0.05) is 31.2 Å². The Morgan fingerprint density at radius 2 is 1.91 bits per heavy atom. The van der Waals surface area contributed by atoms with Gasteiger partial charge in [0.05, 0.1) is 0 Å². The molecule has 1 aliphatic rings. The van der Waals surface area contributed by atoms with Crippen LogP contribution < -0.4 is 10.6 Å². The molecule has 0 aromatic carbocycles. The number of nitrogens with zero attached hydrogens (tertiary/aromatic N) is 1. The summed E-state index contributed by atoms with van der Waals surface area (Å²) in [6.45, 7) is 17.5. The number of ether oxygens (including phenoxy) is 1. The topological polar surface area (TPSA) is 53.6 Å². The Bertz CT molecular complexity index is 364. The van der Waals surface area contributed by atoms with Crippen LogP contribution in [0.5, 0.6) is 0 Å². The van der Waals surface area contributed by atoms with Crippen molar-refractivity contribution in [1.82, 2.24) is 15.5 Å². The maximum absolute atomic E-state index is 11.9. The van der Waals surface area contributed by atoms with Gasteiger partial charge >= 0.3 is 6.09 Å². The third kappa shape index (κ3) is 8.56. The number of hydrogen-bond donors (Lipinski definition) is 2. The van der Waals surface area contributed by atoms with Crippen molar-refractivity contribution in [2.45, 2.75) is 85.0 Å². The van der Waals surface area contributed by atoms with E-state index in [1.54, 1.807) is 0 Å². The molecule has 5 heteroatoms. The fraction of sp³-hybridized carbons (Fsp3) is 0.944. The molecular formula is C18H37N3O2. The van der Waals surface area contributed by atoms with E-state index in [1.165, 1.54) is 6.42 Å². The van der Waals surface area contributed by atoms with Crippen LogP contribution in [-0.2, 0) is 4.74 Å². The number of likely N-dealkylation sites (tertiary alicyclic amines) is 1. The largest absolute Gasteiger partial charge is 0.444 e. The summed E-state index contributed by atoms with van der Waals surface area (Å²) in [6, 6.07) is 1.41. The van der Waals surface area contributed by atoms with E-state index >= 15 is 0 Å². The summed E-state index contributed by atoms with van der Waals surface area (Å²) < 4.78 is 5.33. The van der Waals surface area contributed by atoms with E-state index < -0.39 is 5.60 Å². The third-order valence-corrected chi connectivity index (χ3v) is 4.07. The fourth-order valence-corrected chi connectivity index (χ4v) is 3.03. The van der Waals surface area contributed by atoms with E-state index in [1.807, 2.05) is 20.8 Å². The molecule has 2 atom stereocenters. The van der Waals surface area contributed by atoms with Gasteiger partial charge in [-0.05, 0) is 59.9 Å². The number of hydrogen-bond acceptors (Lipinski definition) is 4. The SMILES string of the molecule is CC(C)CC(CNC(=O)OC(C)(C)C)NC1CCN(C(C)C)C1. The molecule has 2 N–H and O–H groups in total. The van der Waals surface area contributed by atoms with E-state index in [2.05, 4.69) is 43.2 Å². The number of carbonyl (C=O) groups is 1. The molecule has 1 heterocycles. The van der Waals surface area contributed by atoms with Gasteiger partial charge < -0.3 is 15.4 Å². The molecule has 23 heavy (non-hydrogen) atoms. The van der Waals surface area contributed by atoms with Crippen LogP contribution in [0.1, 0.15) is 61.3 Å². The minimum absolute atomic E-state index is 0.291. The van der Waals surface area contributed by atoms with Crippen molar-refractivity contribution in [2.75, 3.05) is 19.6 Å². The lowest BCUT2D eigenvalue weighted by Gasteiger charge is -2.27. The van der Waals surface area contributed by atoms with Gasteiger partial charge in [0.2, 0.25) is 0 Å². The van der Waals surface area contributed by atoms with Gasteiger partial charge in [-0.25, -0.2) is 4.79 Å². The molecule has 0 bridgehead atoms. The Hall–Kier alpha value is -0.810. The number of amides is 1. The second-order valence-electron chi connectivity index (χ2n) is 8.45. The van der Waals surface area contributed by atoms with Gasteiger partial charge in [0.25, 0.3) is 0 Å². The van der Waals surface area contributed by atoms with E-state index in [-0.39, 0.29) is 6.09 Å². The predicted octanol–water partition coefficient (Wildman–Crippen LogP) is 3.00. The minimum Gasteiger partial charge on any atom is -0.444 e. The van der Waals surface area contributed by atoms with E-state index in [0.717, 1.165) is 19.5 Å². The van der Waals surface area contributed by atoms with Gasteiger partial charge in [-0.1, -0.05) is 13.8 Å².